The molecule has 2 nitrogen and oxygen atoms in total. The van der Waals surface area contributed by atoms with Gasteiger partial charge in [0.2, 0.25) is 0 Å². The minimum Gasteiger partial charge on any atom is -0.481 e. The topological polar surface area (TPSA) is 37.3 Å². The van der Waals surface area contributed by atoms with Gasteiger partial charge in [0, 0.05) is 0 Å². The maximum absolute atomic E-state index is 10.9. The molecule has 0 aliphatic carbocycles. The molecule has 1 rings (SSSR count). The minimum absolute atomic E-state index is 0.0544. The van der Waals surface area contributed by atoms with Crippen LogP contribution in [-0.4, -0.2) is 11.1 Å². The van der Waals surface area contributed by atoms with Crippen LogP contribution in [0.4, 0.5) is 0 Å². The van der Waals surface area contributed by atoms with Gasteiger partial charge in [-0.25, -0.2) is 0 Å². The van der Waals surface area contributed by atoms with Crippen LogP contribution in [0.5, 0.6) is 0 Å². The Morgan fingerprint density at radius 2 is 1.44 bits per heavy atom. The smallest absolute Gasteiger partial charge is 0.306 e. The van der Waals surface area contributed by atoms with Crippen molar-refractivity contribution in [2.24, 2.45) is 5.92 Å². The Labute approximate surface area is 97.3 Å². The number of aliphatic carboxylic acids is 1. The Bertz CT molecular complexity index is 352. The van der Waals surface area contributed by atoms with E-state index in [2.05, 4.69) is 26.0 Å². The highest BCUT2D eigenvalue weighted by atomic mass is 16.4. The molecule has 0 heterocycles. The molecule has 0 amide bonds. The van der Waals surface area contributed by atoms with Crippen LogP contribution >= 0.6 is 0 Å². The molecule has 2 unspecified atom stereocenters. The average Bonchev–Trinajstić information content (AvgIpc) is 2.27. The highest BCUT2D eigenvalue weighted by Gasteiger charge is 2.20. The molecule has 0 aromatic heterocycles. The van der Waals surface area contributed by atoms with Crippen LogP contribution in [0.25, 0.3) is 0 Å². The van der Waals surface area contributed by atoms with Gasteiger partial charge in [-0.2, -0.15) is 0 Å². The fourth-order valence-corrected chi connectivity index (χ4v) is 1.69. The average molecular weight is 220 g/mol. The third-order valence-corrected chi connectivity index (χ3v) is 3.27. The standard InChI is InChI=1S/C14H20O2/c1-9(2)12-5-7-13(8-6-12)10(3)11(4)14(15)16/h5-11H,1-4H3,(H,15,16). The zero-order valence-corrected chi connectivity index (χ0v) is 10.4. The van der Waals surface area contributed by atoms with E-state index in [1.54, 1.807) is 6.92 Å². The third-order valence-electron chi connectivity index (χ3n) is 3.27. The predicted molar refractivity (Wildman–Crippen MR) is 65.7 cm³/mol. The van der Waals surface area contributed by atoms with Crippen LogP contribution in [0.2, 0.25) is 0 Å². The van der Waals surface area contributed by atoms with Crippen molar-refractivity contribution >= 4 is 5.97 Å². The predicted octanol–water partition coefficient (Wildman–Crippen LogP) is 3.63. The van der Waals surface area contributed by atoms with Crippen LogP contribution in [0.1, 0.15) is 50.7 Å². The maximum Gasteiger partial charge on any atom is 0.306 e. The summed E-state index contributed by atoms with van der Waals surface area (Å²) < 4.78 is 0. The first-order valence-corrected chi connectivity index (χ1v) is 5.76. The summed E-state index contributed by atoms with van der Waals surface area (Å²) in [5.41, 5.74) is 2.39. The number of benzene rings is 1. The second kappa shape index (κ2) is 5.15. The van der Waals surface area contributed by atoms with Crippen molar-refractivity contribution in [1.29, 1.82) is 0 Å². The molecular formula is C14H20O2. The lowest BCUT2D eigenvalue weighted by atomic mass is 9.88. The molecule has 0 aliphatic rings. The summed E-state index contributed by atoms with van der Waals surface area (Å²) in [5, 5.41) is 8.96. The highest BCUT2D eigenvalue weighted by Crippen LogP contribution is 2.25. The number of carboxylic acids is 1. The molecular weight excluding hydrogens is 200 g/mol. The molecule has 0 saturated carbocycles. The van der Waals surface area contributed by atoms with Gasteiger partial charge in [-0.05, 0) is 23.0 Å². The van der Waals surface area contributed by atoms with Gasteiger partial charge in [-0.3, -0.25) is 4.79 Å². The molecule has 2 heteroatoms. The number of hydrogen-bond acceptors (Lipinski definition) is 1. The van der Waals surface area contributed by atoms with E-state index < -0.39 is 5.97 Å². The van der Waals surface area contributed by atoms with Crippen molar-refractivity contribution < 1.29 is 9.90 Å². The molecule has 16 heavy (non-hydrogen) atoms. The first-order chi connectivity index (χ1) is 7.43. The summed E-state index contributed by atoms with van der Waals surface area (Å²) in [4.78, 5) is 10.9. The van der Waals surface area contributed by atoms with Crippen molar-refractivity contribution in [2.75, 3.05) is 0 Å². The van der Waals surface area contributed by atoms with Gasteiger partial charge in [0.25, 0.3) is 0 Å². The van der Waals surface area contributed by atoms with Gasteiger partial charge in [-0.1, -0.05) is 52.0 Å². The van der Waals surface area contributed by atoms with Gasteiger partial charge >= 0.3 is 5.97 Å². The molecule has 1 N–H and O–H groups in total. The van der Waals surface area contributed by atoms with E-state index >= 15 is 0 Å². The lowest BCUT2D eigenvalue weighted by Gasteiger charge is -2.17. The van der Waals surface area contributed by atoms with Gasteiger partial charge in [-0.15, -0.1) is 0 Å². The van der Waals surface area contributed by atoms with Crippen LogP contribution in [0, 0.1) is 5.92 Å². The van der Waals surface area contributed by atoms with Gasteiger partial charge in [0.15, 0.2) is 0 Å². The van der Waals surface area contributed by atoms with E-state index in [-0.39, 0.29) is 11.8 Å². The zero-order chi connectivity index (χ0) is 12.3. The monoisotopic (exact) mass is 220 g/mol. The Morgan fingerprint density at radius 3 is 1.81 bits per heavy atom. The fourth-order valence-electron chi connectivity index (χ4n) is 1.69. The summed E-state index contributed by atoms with van der Waals surface area (Å²) in [6.45, 7) is 8.02. The molecule has 0 spiro atoms. The Hall–Kier alpha value is -1.31. The minimum atomic E-state index is -0.736. The quantitative estimate of drug-likeness (QED) is 0.841. The van der Waals surface area contributed by atoms with Crippen LogP contribution in [-0.2, 0) is 4.79 Å². The van der Waals surface area contributed by atoms with Crippen LogP contribution in [0.3, 0.4) is 0 Å². The van der Waals surface area contributed by atoms with E-state index in [0.717, 1.165) is 5.56 Å². The largest absolute Gasteiger partial charge is 0.481 e. The van der Waals surface area contributed by atoms with Crippen molar-refractivity contribution in [1.82, 2.24) is 0 Å². The molecule has 0 fully saturated rings. The van der Waals surface area contributed by atoms with Crippen molar-refractivity contribution in [3.05, 3.63) is 35.4 Å². The summed E-state index contributed by atoms with van der Waals surface area (Å²) in [5.74, 6) is -0.509. The Kier molecular flexibility index (Phi) is 4.11. The van der Waals surface area contributed by atoms with Gasteiger partial charge in [0.1, 0.15) is 0 Å². The van der Waals surface area contributed by atoms with E-state index in [9.17, 15) is 4.79 Å². The lowest BCUT2D eigenvalue weighted by Crippen LogP contribution is -2.16. The lowest BCUT2D eigenvalue weighted by molar-refractivity contribution is -0.141. The number of carboxylic acid groups (broad SMARTS) is 1. The zero-order valence-electron chi connectivity index (χ0n) is 10.4. The van der Waals surface area contributed by atoms with E-state index in [4.69, 9.17) is 5.11 Å². The Morgan fingerprint density at radius 1 is 1.00 bits per heavy atom. The highest BCUT2D eigenvalue weighted by molar-refractivity contribution is 5.70. The SMILES string of the molecule is CC(C)c1ccc(C(C)C(C)C(=O)O)cc1. The van der Waals surface area contributed by atoms with E-state index in [0.29, 0.717) is 5.92 Å². The van der Waals surface area contributed by atoms with Crippen LogP contribution in [0.15, 0.2) is 24.3 Å². The van der Waals surface area contributed by atoms with Gasteiger partial charge in [0.05, 0.1) is 5.92 Å². The summed E-state index contributed by atoms with van der Waals surface area (Å²) >= 11 is 0. The molecule has 0 aliphatic heterocycles. The van der Waals surface area contributed by atoms with E-state index in [1.807, 2.05) is 19.1 Å². The Balaban J connectivity index is 2.85. The van der Waals surface area contributed by atoms with Gasteiger partial charge < -0.3 is 5.11 Å². The molecule has 88 valence electrons. The second-order valence-corrected chi connectivity index (χ2v) is 4.74. The maximum atomic E-state index is 10.9. The molecule has 0 bridgehead atoms. The molecule has 2 atom stereocenters. The van der Waals surface area contributed by atoms with Crippen molar-refractivity contribution in [2.45, 2.75) is 39.5 Å². The molecule has 1 aromatic rings. The number of hydrogen-bond donors (Lipinski definition) is 1. The molecule has 1 aromatic carbocycles. The second-order valence-electron chi connectivity index (χ2n) is 4.74. The first-order valence-electron chi connectivity index (χ1n) is 5.76. The summed E-state index contributed by atoms with van der Waals surface area (Å²) in [6, 6.07) is 8.26. The third kappa shape index (κ3) is 2.84. The summed E-state index contributed by atoms with van der Waals surface area (Å²) in [6.07, 6.45) is 0. The number of rotatable bonds is 4. The molecule has 0 radical (unpaired) electrons. The first kappa shape index (κ1) is 12.8. The van der Waals surface area contributed by atoms with E-state index in [1.165, 1.54) is 5.56 Å². The summed E-state index contributed by atoms with van der Waals surface area (Å²) in [7, 11) is 0. The van der Waals surface area contributed by atoms with Crippen molar-refractivity contribution in [3.63, 3.8) is 0 Å². The fraction of sp³-hybridized carbons (Fsp3) is 0.500. The molecule has 0 saturated heterocycles. The number of carbonyl (C=O) groups is 1. The normalized spacial score (nSPS) is 14.8. The van der Waals surface area contributed by atoms with Crippen molar-refractivity contribution in [3.8, 4) is 0 Å². The van der Waals surface area contributed by atoms with Crippen LogP contribution < -0.4 is 0 Å².